The Morgan fingerprint density at radius 3 is 2.49 bits per heavy atom. The summed E-state index contributed by atoms with van der Waals surface area (Å²) in [5.41, 5.74) is 2.88. The molecule has 1 saturated carbocycles. The van der Waals surface area contributed by atoms with Gasteiger partial charge >= 0.3 is 6.03 Å². The second kappa shape index (κ2) is 16.3. The lowest BCUT2D eigenvalue weighted by Crippen LogP contribution is -2.53. The summed E-state index contributed by atoms with van der Waals surface area (Å²) in [7, 11) is 0. The van der Waals surface area contributed by atoms with Gasteiger partial charge in [0.2, 0.25) is 5.91 Å². The molecule has 2 aromatic rings. The van der Waals surface area contributed by atoms with E-state index in [1.165, 1.54) is 6.42 Å². The van der Waals surface area contributed by atoms with Crippen LogP contribution in [0, 0.1) is 0 Å². The molecule has 0 spiro atoms. The second-order valence-electron chi connectivity index (χ2n) is 11.9. The molecule has 9 nitrogen and oxygen atoms in total. The van der Waals surface area contributed by atoms with Crippen LogP contribution in [0.1, 0.15) is 87.6 Å². The molecule has 2 atom stereocenters. The van der Waals surface area contributed by atoms with E-state index in [9.17, 15) is 19.5 Å². The van der Waals surface area contributed by atoms with Crippen LogP contribution < -0.4 is 20.9 Å². The average Bonchev–Trinajstić information content (AvgIpc) is 3.46. The Kier molecular flexibility index (Phi) is 12.3. The zero-order chi connectivity index (χ0) is 30.6. The number of nitrogens with one attached hydrogen (secondary N) is 3. The lowest BCUT2D eigenvalue weighted by atomic mass is 9.96. The maximum Gasteiger partial charge on any atom is 0.317 e. The van der Waals surface area contributed by atoms with E-state index in [4.69, 9.17) is 0 Å². The summed E-state index contributed by atoms with van der Waals surface area (Å²) in [5.74, 6) is -0.276. The maximum absolute atomic E-state index is 13.8. The van der Waals surface area contributed by atoms with Crippen LogP contribution in [-0.2, 0) is 11.2 Å². The summed E-state index contributed by atoms with van der Waals surface area (Å²) in [4.78, 5) is 42.8. The zero-order valence-electron chi connectivity index (χ0n) is 25.8. The highest BCUT2D eigenvalue weighted by molar-refractivity contribution is 6.00. The number of amides is 4. The number of hydrogen-bond donors (Lipinski definition) is 4. The molecule has 2 aliphatic rings. The van der Waals surface area contributed by atoms with E-state index in [2.05, 4.69) is 22.9 Å². The molecule has 1 aliphatic heterocycles. The predicted molar refractivity (Wildman–Crippen MR) is 171 cm³/mol. The molecule has 1 heterocycles. The van der Waals surface area contributed by atoms with Crippen LogP contribution >= 0.6 is 0 Å². The molecule has 4 N–H and O–H groups in total. The average molecular weight is 592 g/mol. The minimum Gasteiger partial charge on any atom is -0.389 e. The Labute approximate surface area is 256 Å². The van der Waals surface area contributed by atoms with Crippen LogP contribution in [0.4, 0.5) is 16.2 Å². The number of nitrogens with zero attached hydrogens (tertiary/aromatic N) is 2. The minimum absolute atomic E-state index is 0.0561. The van der Waals surface area contributed by atoms with E-state index in [0.717, 1.165) is 62.7 Å². The van der Waals surface area contributed by atoms with Crippen LogP contribution in [0.25, 0.3) is 0 Å². The van der Waals surface area contributed by atoms with Crippen molar-refractivity contribution in [2.45, 2.75) is 96.2 Å². The fourth-order valence-corrected chi connectivity index (χ4v) is 5.96. The Bertz CT molecular complexity index is 1200. The van der Waals surface area contributed by atoms with Crippen molar-refractivity contribution in [1.82, 2.24) is 15.5 Å². The molecule has 1 aliphatic carbocycles. The number of unbranched alkanes of at least 4 members (excludes halogenated alkanes) is 1. The van der Waals surface area contributed by atoms with Gasteiger partial charge in [-0.1, -0.05) is 62.9 Å². The van der Waals surface area contributed by atoms with Gasteiger partial charge in [-0.05, 0) is 62.8 Å². The van der Waals surface area contributed by atoms with Crippen LogP contribution in [-0.4, -0.2) is 72.2 Å². The van der Waals surface area contributed by atoms with Crippen molar-refractivity contribution in [2.24, 2.45) is 0 Å². The summed E-state index contributed by atoms with van der Waals surface area (Å²) < 4.78 is 0. The van der Waals surface area contributed by atoms with Gasteiger partial charge in [-0.3, -0.25) is 9.59 Å². The first-order valence-electron chi connectivity index (χ1n) is 16.2. The molecule has 0 radical (unpaired) electrons. The SMILES string of the molecule is CCCCNc1cc(C(=O)N[C@@H](Cc2ccccc2)[C@@H](O)CN(CC)C(=O)NC2CCCCC2)cc(N2CCCC2=O)c1. The molecule has 2 fully saturated rings. The van der Waals surface area contributed by atoms with Crippen molar-refractivity contribution in [3.05, 3.63) is 59.7 Å². The molecule has 0 unspecified atom stereocenters. The number of carbonyl (C=O) groups is 3. The fourth-order valence-electron chi connectivity index (χ4n) is 5.96. The van der Waals surface area contributed by atoms with E-state index < -0.39 is 12.1 Å². The minimum atomic E-state index is -0.994. The quantitative estimate of drug-likeness (QED) is 0.229. The van der Waals surface area contributed by atoms with Gasteiger partial charge < -0.3 is 30.9 Å². The summed E-state index contributed by atoms with van der Waals surface area (Å²) in [6.45, 7) is 5.95. The van der Waals surface area contributed by atoms with Crippen molar-refractivity contribution < 1.29 is 19.5 Å². The Balaban J connectivity index is 1.52. The van der Waals surface area contributed by atoms with E-state index in [1.54, 1.807) is 21.9 Å². The number of likely N-dealkylation sites (N-methyl/N-ethyl adjacent to an activating group) is 1. The standard InChI is InChI=1S/C34H49N5O4/c1-3-5-18-35-28-21-26(22-29(23-28)39-19-12-17-32(39)41)33(42)37-30(20-25-13-8-6-9-14-25)31(40)24-38(4-2)34(43)36-27-15-10-7-11-16-27/h6,8-9,13-14,21-23,27,30-31,35,40H,3-5,7,10-12,15-20,24H2,1-2H3,(H,36,43)(H,37,42)/t30-,31-/m0/s1. The van der Waals surface area contributed by atoms with Gasteiger partial charge in [0.15, 0.2) is 0 Å². The number of carbonyl (C=O) groups excluding carboxylic acids is 3. The largest absolute Gasteiger partial charge is 0.389 e. The van der Waals surface area contributed by atoms with Gasteiger partial charge in [0, 0.05) is 49.0 Å². The summed E-state index contributed by atoms with van der Waals surface area (Å²) in [6, 6.07) is 14.6. The number of anilines is 2. The van der Waals surface area contributed by atoms with Crippen molar-refractivity contribution in [2.75, 3.05) is 36.4 Å². The lowest BCUT2D eigenvalue weighted by Gasteiger charge is -2.32. The Hall–Kier alpha value is -3.59. The highest BCUT2D eigenvalue weighted by Gasteiger charge is 2.28. The fraction of sp³-hybridized carbons (Fsp3) is 0.559. The van der Waals surface area contributed by atoms with Crippen molar-refractivity contribution in [1.29, 1.82) is 0 Å². The first-order valence-corrected chi connectivity index (χ1v) is 16.2. The first kappa shape index (κ1) is 32.3. The normalized spacial score (nSPS) is 16.9. The molecule has 4 rings (SSSR count). The number of hydrogen-bond acceptors (Lipinski definition) is 5. The number of rotatable bonds is 14. The van der Waals surface area contributed by atoms with Gasteiger partial charge in [0.25, 0.3) is 5.91 Å². The Morgan fingerprint density at radius 1 is 1.05 bits per heavy atom. The molecule has 2 aromatic carbocycles. The van der Waals surface area contributed by atoms with Crippen molar-refractivity contribution in [3.8, 4) is 0 Å². The van der Waals surface area contributed by atoms with Crippen LogP contribution in [0.3, 0.4) is 0 Å². The molecule has 43 heavy (non-hydrogen) atoms. The van der Waals surface area contributed by atoms with Crippen LogP contribution in [0.5, 0.6) is 0 Å². The highest BCUT2D eigenvalue weighted by atomic mass is 16.3. The van der Waals surface area contributed by atoms with Crippen molar-refractivity contribution in [3.63, 3.8) is 0 Å². The zero-order valence-corrected chi connectivity index (χ0v) is 25.8. The number of aliphatic hydroxyl groups excluding tert-OH is 1. The molecular formula is C34H49N5O4. The molecular weight excluding hydrogens is 542 g/mol. The molecule has 234 valence electrons. The number of urea groups is 1. The molecule has 4 amide bonds. The molecule has 0 bridgehead atoms. The molecule has 0 aromatic heterocycles. The summed E-state index contributed by atoms with van der Waals surface area (Å²) >= 11 is 0. The predicted octanol–water partition coefficient (Wildman–Crippen LogP) is 5.09. The van der Waals surface area contributed by atoms with Crippen molar-refractivity contribution >= 4 is 29.2 Å². The van der Waals surface area contributed by atoms with Gasteiger partial charge in [0.05, 0.1) is 18.7 Å². The third-order valence-corrected chi connectivity index (χ3v) is 8.51. The first-order chi connectivity index (χ1) is 20.9. The van der Waals surface area contributed by atoms with Gasteiger partial charge in [-0.2, -0.15) is 0 Å². The van der Waals surface area contributed by atoms with E-state index in [-0.39, 0.29) is 30.4 Å². The second-order valence-corrected chi connectivity index (χ2v) is 11.9. The highest BCUT2D eigenvalue weighted by Crippen LogP contribution is 2.27. The van der Waals surface area contributed by atoms with Crippen LogP contribution in [0.15, 0.2) is 48.5 Å². The van der Waals surface area contributed by atoms with E-state index in [0.29, 0.717) is 37.2 Å². The molecule has 9 heteroatoms. The van der Waals surface area contributed by atoms with E-state index in [1.807, 2.05) is 43.3 Å². The topological polar surface area (TPSA) is 114 Å². The van der Waals surface area contributed by atoms with Gasteiger partial charge in [0.1, 0.15) is 0 Å². The maximum atomic E-state index is 13.8. The molecule has 1 saturated heterocycles. The van der Waals surface area contributed by atoms with Gasteiger partial charge in [-0.25, -0.2) is 4.79 Å². The third kappa shape index (κ3) is 9.45. The smallest absolute Gasteiger partial charge is 0.317 e. The summed E-state index contributed by atoms with van der Waals surface area (Å²) in [5, 5.41) is 21.1. The lowest BCUT2D eigenvalue weighted by molar-refractivity contribution is -0.117. The number of aliphatic hydroxyl groups is 1. The summed E-state index contributed by atoms with van der Waals surface area (Å²) in [6.07, 6.45) is 8.14. The Morgan fingerprint density at radius 2 is 1.81 bits per heavy atom. The number of benzene rings is 2. The monoisotopic (exact) mass is 591 g/mol. The third-order valence-electron chi connectivity index (χ3n) is 8.51. The van der Waals surface area contributed by atoms with Crippen LogP contribution in [0.2, 0.25) is 0 Å². The van der Waals surface area contributed by atoms with E-state index >= 15 is 0 Å². The van der Waals surface area contributed by atoms with Gasteiger partial charge in [-0.15, -0.1) is 0 Å².